The lowest BCUT2D eigenvalue weighted by Crippen LogP contribution is -2.27. The third-order valence-electron chi connectivity index (χ3n) is 3.46. The van der Waals surface area contributed by atoms with Gasteiger partial charge in [0.1, 0.15) is 5.82 Å². The summed E-state index contributed by atoms with van der Waals surface area (Å²) >= 11 is 0. The molecule has 4 nitrogen and oxygen atoms in total. The molecule has 0 aliphatic rings. The Morgan fingerprint density at radius 2 is 1.91 bits per heavy atom. The first-order chi connectivity index (χ1) is 10.6. The molecule has 2 aromatic rings. The van der Waals surface area contributed by atoms with E-state index in [4.69, 9.17) is 4.84 Å². The van der Waals surface area contributed by atoms with Crippen LogP contribution in [0.3, 0.4) is 0 Å². The lowest BCUT2D eigenvalue weighted by Gasteiger charge is -2.19. The number of halogens is 1. The fourth-order valence-electron chi connectivity index (χ4n) is 2.29. The quantitative estimate of drug-likeness (QED) is 0.864. The van der Waals surface area contributed by atoms with Crippen molar-refractivity contribution in [3.63, 3.8) is 0 Å². The van der Waals surface area contributed by atoms with Crippen molar-refractivity contribution in [3.05, 3.63) is 59.4 Å². The molecule has 0 radical (unpaired) electrons. The number of benzene rings is 2. The van der Waals surface area contributed by atoms with Gasteiger partial charge in [-0.15, -0.1) is 0 Å². The van der Waals surface area contributed by atoms with Crippen molar-refractivity contribution in [3.8, 4) is 11.1 Å². The summed E-state index contributed by atoms with van der Waals surface area (Å²) in [6.45, 7) is -0.0656. The fourth-order valence-corrected chi connectivity index (χ4v) is 2.29. The number of hydrogen-bond acceptors (Lipinski definition) is 3. The van der Waals surface area contributed by atoms with Gasteiger partial charge in [-0.2, -0.15) is 0 Å². The maximum atomic E-state index is 13.1. The van der Waals surface area contributed by atoms with Gasteiger partial charge in [0.15, 0.2) is 0 Å². The minimum atomic E-state index is -0.336. The predicted molar refractivity (Wildman–Crippen MR) is 81.7 cm³/mol. The van der Waals surface area contributed by atoms with Crippen LogP contribution in [0.1, 0.15) is 15.9 Å². The second-order valence-corrected chi connectivity index (χ2v) is 4.81. The zero-order valence-corrected chi connectivity index (χ0v) is 12.5. The minimum Gasteiger partial charge on any atom is -0.396 e. The summed E-state index contributed by atoms with van der Waals surface area (Å²) in [5.41, 5.74) is 2.58. The molecule has 22 heavy (non-hydrogen) atoms. The summed E-state index contributed by atoms with van der Waals surface area (Å²) in [5, 5.41) is 10.3. The summed E-state index contributed by atoms with van der Waals surface area (Å²) in [4.78, 5) is 17.5. The lowest BCUT2D eigenvalue weighted by atomic mass is 9.93. The van der Waals surface area contributed by atoms with Gasteiger partial charge in [-0.05, 0) is 35.2 Å². The minimum absolute atomic E-state index is 0.0656. The summed E-state index contributed by atoms with van der Waals surface area (Å²) in [5.74, 6) is -0.650. The van der Waals surface area contributed by atoms with Crippen molar-refractivity contribution in [2.75, 3.05) is 20.8 Å². The van der Waals surface area contributed by atoms with E-state index < -0.39 is 0 Å². The number of aliphatic hydroxyl groups excluding tert-OH is 1. The Morgan fingerprint density at radius 3 is 2.50 bits per heavy atom. The van der Waals surface area contributed by atoms with Crippen LogP contribution in [0.4, 0.5) is 4.39 Å². The van der Waals surface area contributed by atoms with Crippen LogP contribution in [-0.4, -0.2) is 36.8 Å². The second kappa shape index (κ2) is 7.15. The molecule has 2 rings (SSSR count). The van der Waals surface area contributed by atoms with E-state index in [0.29, 0.717) is 17.5 Å². The van der Waals surface area contributed by atoms with Crippen LogP contribution in [0.5, 0.6) is 0 Å². The smallest absolute Gasteiger partial charge is 0.278 e. The molecule has 1 N–H and O–H groups in total. The molecule has 0 fully saturated rings. The summed E-state index contributed by atoms with van der Waals surface area (Å²) in [6, 6.07) is 11.3. The van der Waals surface area contributed by atoms with Crippen molar-refractivity contribution in [2.45, 2.75) is 6.42 Å². The lowest BCUT2D eigenvalue weighted by molar-refractivity contribution is -0.0757. The van der Waals surface area contributed by atoms with Crippen molar-refractivity contribution < 1.29 is 19.1 Å². The maximum absolute atomic E-state index is 13.1. The van der Waals surface area contributed by atoms with Gasteiger partial charge in [0.25, 0.3) is 5.91 Å². The van der Waals surface area contributed by atoms with Crippen LogP contribution in [0.2, 0.25) is 0 Å². The first-order valence-electron chi connectivity index (χ1n) is 6.89. The molecule has 0 aliphatic heterocycles. The van der Waals surface area contributed by atoms with E-state index in [1.165, 1.54) is 26.3 Å². The predicted octanol–water partition coefficient (Wildman–Crippen LogP) is 2.66. The highest BCUT2D eigenvalue weighted by atomic mass is 19.1. The Labute approximate surface area is 128 Å². The Balaban J connectivity index is 2.60. The zero-order valence-electron chi connectivity index (χ0n) is 12.5. The Morgan fingerprint density at radius 1 is 1.23 bits per heavy atom. The maximum Gasteiger partial charge on any atom is 0.278 e. The number of hydrogen-bond donors (Lipinski definition) is 1. The van der Waals surface area contributed by atoms with Gasteiger partial charge in [-0.25, -0.2) is 9.45 Å². The molecule has 0 aliphatic carbocycles. The van der Waals surface area contributed by atoms with Crippen molar-refractivity contribution in [2.24, 2.45) is 0 Å². The molecule has 5 heteroatoms. The van der Waals surface area contributed by atoms with Gasteiger partial charge >= 0.3 is 0 Å². The second-order valence-electron chi connectivity index (χ2n) is 4.81. The van der Waals surface area contributed by atoms with Crippen LogP contribution in [-0.2, 0) is 11.3 Å². The largest absolute Gasteiger partial charge is 0.396 e. The normalized spacial score (nSPS) is 10.5. The van der Waals surface area contributed by atoms with Crippen LogP contribution < -0.4 is 0 Å². The molecule has 0 spiro atoms. The molecule has 0 atom stereocenters. The Kier molecular flexibility index (Phi) is 5.25. The van der Waals surface area contributed by atoms with Gasteiger partial charge in [-0.3, -0.25) is 9.63 Å². The van der Waals surface area contributed by atoms with Gasteiger partial charge in [0.05, 0.1) is 12.7 Å². The number of carbonyl (C=O) groups is 1. The van der Waals surface area contributed by atoms with E-state index in [0.717, 1.165) is 16.2 Å². The van der Waals surface area contributed by atoms with Crippen molar-refractivity contribution in [1.29, 1.82) is 0 Å². The highest BCUT2D eigenvalue weighted by molar-refractivity contribution is 6.01. The van der Waals surface area contributed by atoms with Gasteiger partial charge in [0.2, 0.25) is 0 Å². The molecule has 0 saturated heterocycles. The summed E-state index contributed by atoms with van der Waals surface area (Å²) < 4.78 is 13.1. The molecule has 0 heterocycles. The Bertz CT molecular complexity index is 655. The Hall–Kier alpha value is -2.24. The van der Waals surface area contributed by atoms with E-state index in [1.807, 2.05) is 6.07 Å². The molecule has 0 unspecified atom stereocenters. The van der Waals surface area contributed by atoms with Crippen LogP contribution >= 0.6 is 0 Å². The zero-order chi connectivity index (χ0) is 16.1. The highest BCUT2D eigenvalue weighted by Gasteiger charge is 2.20. The van der Waals surface area contributed by atoms with Gasteiger partial charge < -0.3 is 5.11 Å². The monoisotopic (exact) mass is 303 g/mol. The highest BCUT2D eigenvalue weighted by Crippen LogP contribution is 2.28. The first-order valence-corrected chi connectivity index (χ1v) is 6.89. The fraction of sp³-hybridized carbons (Fsp3) is 0.235. The molecule has 2 aromatic carbocycles. The van der Waals surface area contributed by atoms with E-state index in [2.05, 4.69) is 0 Å². The molecular formula is C17H18FNO3. The van der Waals surface area contributed by atoms with E-state index in [1.54, 1.807) is 24.3 Å². The van der Waals surface area contributed by atoms with Crippen LogP contribution in [0.25, 0.3) is 11.1 Å². The van der Waals surface area contributed by atoms with Gasteiger partial charge in [-0.1, -0.05) is 30.3 Å². The number of aliphatic hydroxyl groups is 1. The van der Waals surface area contributed by atoms with Crippen molar-refractivity contribution in [1.82, 2.24) is 5.06 Å². The molecular weight excluding hydrogens is 285 g/mol. The number of hydroxylamine groups is 2. The number of rotatable bonds is 5. The average molecular weight is 303 g/mol. The third-order valence-corrected chi connectivity index (χ3v) is 3.46. The molecule has 1 amide bonds. The molecule has 0 bridgehead atoms. The molecule has 0 saturated carbocycles. The topological polar surface area (TPSA) is 49.8 Å². The van der Waals surface area contributed by atoms with E-state index in [9.17, 15) is 14.3 Å². The summed E-state index contributed by atoms with van der Waals surface area (Å²) in [7, 11) is 2.93. The van der Waals surface area contributed by atoms with Crippen molar-refractivity contribution >= 4 is 5.91 Å². The summed E-state index contributed by atoms with van der Waals surface area (Å²) in [6.07, 6.45) is 0.355. The average Bonchev–Trinajstić information content (AvgIpc) is 2.54. The standard InChI is InChI=1S/C17H18FNO3/c1-19(22-2)17(21)16-13(10-11-20)4-3-5-15(16)12-6-8-14(18)9-7-12/h3-9,20H,10-11H2,1-2H3. The number of amides is 1. The van der Waals surface area contributed by atoms with Crippen LogP contribution in [0, 0.1) is 5.82 Å². The van der Waals surface area contributed by atoms with Gasteiger partial charge in [0, 0.05) is 13.7 Å². The molecule has 116 valence electrons. The number of carbonyl (C=O) groups excluding carboxylic acids is 1. The molecule has 0 aromatic heterocycles. The van der Waals surface area contributed by atoms with Crippen LogP contribution in [0.15, 0.2) is 42.5 Å². The van der Waals surface area contributed by atoms with E-state index >= 15 is 0 Å². The first kappa shape index (κ1) is 16.1. The third kappa shape index (κ3) is 3.32. The van der Waals surface area contributed by atoms with E-state index in [-0.39, 0.29) is 18.3 Å². The number of nitrogens with zero attached hydrogens (tertiary/aromatic N) is 1. The SMILES string of the molecule is CON(C)C(=O)c1c(CCO)cccc1-c1ccc(F)cc1.